The molecule has 2 nitrogen and oxygen atoms in total. The minimum Gasteiger partial charge on any atom is -0.435 e. The molecule has 1 rings (SSSR count). The number of ether oxygens (including phenoxy) is 1. The summed E-state index contributed by atoms with van der Waals surface area (Å²) in [4.78, 5) is 11.1. The van der Waals surface area contributed by atoms with Crippen molar-refractivity contribution in [3.05, 3.63) is 29.8 Å². The lowest BCUT2D eigenvalue weighted by atomic mass is 10.1. The van der Waals surface area contributed by atoms with E-state index in [1.165, 1.54) is 12.1 Å². The third-order valence-corrected chi connectivity index (χ3v) is 2.30. The number of benzene rings is 1. The summed E-state index contributed by atoms with van der Waals surface area (Å²) >= 11 is 3.03. The van der Waals surface area contributed by atoms with E-state index in [-0.39, 0.29) is 23.3 Å². The summed E-state index contributed by atoms with van der Waals surface area (Å²) < 4.78 is 28.0. The zero-order valence-electron chi connectivity index (χ0n) is 7.75. The molecule has 0 aromatic heterocycles. The Morgan fingerprint density at radius 1 is 1.47 bits per heavy atom. The van der Waals surface area contributed by atoms with Crippen molar-refractivity contribution in [2.75, 3.05) is 5.33 Å². The molecule has 1 aromatic rings. The highest BCUT2D eigenvalue weighted by Crippen LogP contribution is 2.16. The lowest BCUT2D eigenvalue weighted by Gasteiger charge is -2.05. The van der Waals surface area contributed by atoms with Gasteiger partial charge in [-0.3, -0.25) is 4.79 Å². The number of halogens is 3. The van der Waals surface area contributed by atoms with Gasteiger partial charge in [0.2, 0.25) is 0 Å². The number of hydrogen-bond acceptors (Lipinski definition) is 2. The zero-order valence-corrected chi connectivity index (χ0v) is 9.34. The minimum atomic E-state index is -2.84. The molecule has 0 atom stereocenters. The molecule has 0 aliphatic carbocycles. The van der Waals surface area contributed by atoms with Crippen molar-refractivity contribution in [3.8, 4) is 5.75 Å². The van der Waals surface area contributed by atoms with Crippen LogP contribution in [0.25, 0.3) is 0 Å². The van der Waals surface area contributed by atoms with Crippen LogP contribution in [0.3, 0.4) is 0 Å². The fourth-order valence-corrected chi connectivity index (χ4v) is 1.30. The molecule has 0 bridgehead atoms. The lowest BCUT2D eigenvalue weighted by Crippen LogP contribution is -2.05. The summed E-state index contributed by atoms with van der Waals surface area (Å²) in [7, 11) is 0. The maximum absolute atomic E-state index is 11.9. The van der Waals surface area contributed by atoms with Crippen LogP contribution < -0.4 is 4.74 Å². The second-order valence-electron chi connectivity index (χ2n) is 2.87. The summed E-state index contributed by atoms with van der Waals surface area (Å²) in [5, 5.41) is 0.257. The molecule has 0 N–H and O–H groups in total. The van der Waals surface area contributed by atoms with Crippen LogP contribution in [0.2, 0.25) is 0 Å². The molecule has 0 saturated carbocycles. The van der Waals surface area contributed by atoms with E-state index in [4.69, 9.17) is 0 Å². The van der Waals surface area contributed by atoms with Crippen molar-refractivity contribution in [3.63, 3.8) is 0 Å². The Morgan fingerprint density at radius 3 is 2.80 bits per heavy atom. The van der Waals surface area contributed by atoms with Gasteiger partial charge >= 0.3 is 6.61 Å². The van der Waals surface area contributed by atoms with Crippen molar-refractivity contribution in [2.24, 2.45) is 0 Å². The van der Waals surface area contributed by atoms with Crippen LogP contribution >= 0.6 is 15.9 Å². The van der Waals surface area contributed by atoms with Crippen LogP contribution in [0.1, 0.15) is 5.56 Å². The van der Waals surface area contributed by atoms with E-state index in [1.54, 1.807) is 12.1 Å². The second kappa shape index (κ2) is 5.80. The number of carbonyl (C=O) groups is 1. The van der Waals surface area contributed by atoms with E-state index >= 15 is 0 Å². The van der Waals surface area contributed by atoms with Crippen molar-refractivity contribution in [1.82, 2.24) is 0 Å². The van der Waals surface area contributed by atoms with Crippen molar-refractivity contribution in [1.29, 1.82) is 0 Å². The first kappa shape index (κ1) is 12.1. The van der Waals surface area contributed by atoms with E-state index in [2.05, 4.69) is 20.7 Å². The zero-order chi connectivity index (χ0) is 11.3. The van der Waals surface area contributed by atoms with E-state index in [0.717, 1.165) is 0 Å². The molecule has 5 heteroatoms. The van der Waals surface area contributed by atoms with Gasteiger partial charge in [0.1, 0.15) is 11.5 Å². The monoisotopic (exact) mass is 278 g/mol. The molecule has 0 amide bonds. The highest BCUT2D eigenvalue weighted by Gasteiger charge is 2.06. The summed E-state index contributed by atoms with van der Waals surface area (Å²) in [6.45, 7) is -2.84. The van der Waals surface area contributed by atoms with Gasteiger partial charge in [0.15, 0.2) is 0 Å². The quantitative estimate of drug-likeness (QED) is 0.775. The van der Waals surface area contributed by atoms with Crippen LogP contribution in [0.4, 0.5) is 8.78 Å². The van der Waals surface area contributed by atoms with Crippen molar-refractivity contribution < 1.29 is 18.3 Å². The maximum Gasteiger partial charge on any atom is 0.387 e. The Morgan fingerprint density at radius 2 is 2.20 bits per heavy atom. The molecule has 82 valence electrons. The predicted molar refractivity (Wildman–Crippen MR) is 55.6 cm³/mol. The summed E-state index contributed by atoms with van der Waals surface area (Å²) in [6.07, 6.45) is 0.214. The topological polar surface area (TPSA) is 26.3 Å². The largest absolute Gasteiger partial charge is 0.435 e. The van der Waals surface area contributed by atoms with Gasteiger partial charge < -0.3 is 4.74 Å². The number of hydrogen-bond donors (Lipinski definition) is 0. The van der Waals surface area contributed by atoms with Crippen LogP contribution in [0, 0.1) is 0 Å². The third-order valence-electron chi connectivity index (χ3n) is 1.67. The molecule has 0 aliphatic heterocycles. The minimum absolute atomic E-state index is 0.0100. The number of alkyl halides is 3. The third kappa shape index (κ3) is 4.38. The van der Waals surface area contributed by atoms with Crippen molar-refractivity contribution >= 4 is 21.7 Å². The highest BCUT2D eigenvalue weighted by molar-refractivity contribution is 9.09. The fourth-order valence-electron chi connectivity index (χ4n) is 1.11. The number of ketones is 1. The highest BCUT2D eigenvalue weighted by atomic mass is 79.9. The molecule has 15 heavy (non-hydrogen) atoms. The van der Waals surface area contributed by atoms with Gasteiger partial charge in [-0.15, -0.1) is 0 Å². The summed E-state index contributed by atoms with van der Waals surface area (Å²) in [6, 6.07) is 6.13. The molecule has 0 fully saturated rings. The van der Waals surface area contributed by atoms with E-state index < -0.39 is 6.61 Å². The normalized spacial score (nSPS) is 10.4. The molecule has 0 aliphatic rings. The Hall–Kier alpha value is -0.970. The molecular weight excluding hydrogens is 270 g/mol. The van der Waals surface area contributed by atoms with Gasteiger partial charge in [-0.2, -0.15) is 8.78 Å². The molecule has 0 heterocycles. The van der Waals surface area contributed by atoms with Crippen molar-refractivity contribution in [2.45, 2.75) is 13.0 Å². The standard InChI is InChI=1S/C10H9BrF2O2/c11-6-8(14)4-7-2-1-3-9(5-7)15-10(12)13/h1-3,5,10H,4,6H2. The first-order chi connectivity index (χ1) is 7.11. The molecule has 0 saturated heterocycles. The van der Waals surface area contributed by atoms with Gasteiger partial charge in [-0.1, -0.05) is 28.1 Å². The predicted octanol–water partition coefficient (Wildman–Crippen LogP) is 2.79. The van der Waals surface area contributed by atoms with E-state index in [9.17, 15) is 13.6 Å². The first-order valence-electron chi connectivity index (χ1n) is 4.23. The Balaban J connectivity index is 2.69. The Kier molecular flexibility index (Phi) is 4.68. The van der Waals surface area contributed by atoms with Crippen LogP contribution in [0.15, 0.2) is 24.3 Å². The van der Waals surface area contributed by atoms with Gasteiger partial charge in [0.25, 0.3) is 0 Å². The molecular formula is C10H9BrF2O2. The van der Waals surface area contributed by atoms with Crippen LogP contribution in [-0.4, -0.2) is 17.7 Å². The number of carbonyl (C=O) groups excluding carboxylic acids is 1. The Bertz CT molecular complexity index is 342. The molecule has 0 radical (unpaired) electrons. The van der Waals surface area contributed by atoms with E-state index in [0.29, 0.717) is 5.56 Å². The molecule has 1 aromatic carbocycles. The smallest absolute Gasteiger partial charge is 0.387 e. The maximum atomic E-state index is 11.9. The van der Waals surface area contributed by atoms with Gasteiger partial charge in [0.05, 0.1) is 5.33 Å². The van der Waals surface area contributed by atoms with Crippen LogP contribution in [0.5, 0.6) is 5.75 Å². The van der Waals surface area contributed by atoms with Gasteiger partial charge in [-0.05, 0) is 17.7 Å². The van der Waals surface area contributed by atoms with Gasteiger partial charge in [-0.25, -0.2) is 0 Å². The summed E-state index contributed by atoms with van der Waals surface area (Å²) in [5.41, 5.74) is 0.664. The van der Waals surface area contributed by atoms with E-state index in [1.807, 2.05) is 0 Å². The second-order valence-corrected chi connectivity index (χ2v) is 3.44. The average molecular weight is 279 g/mol. The molecule has 0 unspecified atom stereocenters. The fraction of sp³-hybridized carbons (Fsp3) is 0.300. The number of rotatable bonds is 5. The molecule has 0 spiro atoms. The van der Waals surface area contributed by atoms with Crippen LogP contribution in [-0.2, 0) is 11.2 Å². The average Bonchev–Trinajstić information content (AvgIpc) is 2.17. The first-order valence-corrected chi connectivity index (χ1v) is 5.35. The lowest BCUT2D eigenvalue weighted by molar-refractivity contribution is -0.115. The number of Topliss-reactive ketones (excluding diaryl/α,β-unsaturated/α-hetero) is 1. The van der Waals surface area contributed by atoms with Gasteiger partial charge in [0, 0.05) is 6.42 Å². The SMILES string of the molecule is O=C(CBr)Cc1cccc(OC(F)F)c1. The summed E-state index contributed by atoms with van der Waals surface area (Å²) in [5.74, 6) is 0.0640. The Labute approximate surface area is 94.4 Å².